The Morgan fingerprint density at radius 1 is 1.30 bits per heavy atom. The van der Waals surface area contributed by atoms with Crippen molar-refractivity contribution in [2.45, 2.75) is 6.42 Å². The topological polar surface area (TPSA) is 122 Å². The Hall–Kier alpha value is -3.17. The Bertz CT molecular complexity index is 1170. The minimum absolute atomic E-state index is 0. The van der Waals surface area contributed by atoms with Crippen LogP contribution in [0.2, 0.25) is 0 Å². The molecule has 2 aromatic heterocycles. The molecule has 3 heterocycles. The van der Waals surface area contributed by atoms with Gasteiger partial charge in [0.05, 0.1) is 5.39 Å². The van der Waals surface area contributed by atoms with Gasteiger partial charge in [0.1, 0.15) is 11.3 Å². The van der Waals surface area contributed by atoms with Crippen LogP contribution in [0.4, 0.5) is 10.2 Å². The van der Waals surface area contributed by atoms with Gasteiger partial charge in [-0.1, -0.05) is 0 Å². The summed E-state index contributed by atoms with van der Waals surface area (Å²) in [7, 11) is 0. The predicted octanol–water partition coefficient (Wildman–Crippen LogP) is 2.14. The molecule has 1 aliphatic heterocycles. The molecule has 1 aliphatic rings. The number of carboxylic acids is 1. The summed E-state index contributed by atoms with van der Waals surface area (Å²) in [4.78, 5) is 30.3. The first kappa shape index (κ1) is 21.5. The summed E-state index contributed by atoms with van der Waals surface area (Å²) in [6, 6.07) is 7.00. The second kappa shape index (κ2) is 8.29. The number of nitrogens with two attached hydrogens (primary N) is 1. The van der Waals surface area contributed by atoms with Crippen LogP contribution in [-0.2, 0) is 0 Å². The number of hydrogen-bond donors (Lipinski definition) is 3. The number of carbonyl (C=O) groups is 1. The molecule has 1 aromatic carbocycles. The van der Waals surface area contributed by atoms with Crippen LogP contribution in [0.15, 0.2) is 41.3 Å². The number of halogens is 2. The molecule has 3 aromatic rings. The number of phenols is 1. The summed E-state index contributed by atoms with van der Waals surface area (Å²) in [5.74, 6) is -1.74. The summed E-state index contributed by atoms with van der Waals surface area (Å²) in [6.45, 7) is 1.64. The number of aromatic hydroxyl groups is 1. The number of benzene rings is 1. The maximum absolute atomic E-state index is 14.8. The molecule has 1 atom stereocenters. The maximum Gasteiger partial charge on any atom is 0.341 e. The number of anilines is 1. The van der Waals surface area contributed by atoms with Gasteiger partial charge in [-0.05, 0) is 49.2 Å². The number of fused-ring (bicyclic) bond motifs is 1. The SMILES string of the molecule is Cl.NCC1CCN(c2nc3c(cc2F)c(=O)c(C(=O)O)cn3-c2ccc(O)cc2)C1. The van der Waals surface area contributed by atoms with E-state index < -0.39 is 22.8 Å². The van der Waals surface area contributed by atoms with Crippen molar-refractivity contribution in [3.63, 3.8) is 0 Å². The normalized spacial score (nSPS) is 15.9. The summed E-state index contributed by atoms with van der Waals surface area (Å²) >= 11 is 0. The molecule has 0 spiro atoms. The van der Waals surface area contributed by atoms with E-state index in [1.54, 1.807) is 17.0 Å². The molecule has 0 amide bonds. The van der Waals surface area contributed by atoms with Gasteiger partial charge in [-0.15, -0.1) is 12.4 Å². The van der Waals surface area contributed by atoms with Gasteiger partial charge in [0.25, 0.3) is 0 Å². The molecule has 30 heavy (non-hydrogen) atoms. The summed E-state index contributed by atoms with van der Waals surface area (Å²) in [6.07, 6.45) is 1.99. The zero-order valence-corrected chi connectivity index (χ0v) is 16.6. The van der Waals surface area contributed by atoms with Crippen LogP contribution in [0, 0.1) is 11.7 Å². The molecule has 158 valence electrons. The number of nitrogens with zero attached hydrogens (tertiary/aromatic N) is 3. The average molecular weight is 435 g/mol. The molecule has 4 N–H and O–H groups in total. The van der Waals surface area contributed by atoms with E-state index in [1.807, 2.05) is 0 Å². The lowest BCUT2D eigenvalue weighted by Gasteiger charge is -2.20. The highest BCUT2D eigenvalue weighted by atomic mass is 35.5. The molecule has 10 heteroatoms. The molecule has 0 aliphatic carbocycles. The number of hydrogen-bond acceptors (Lipinski definition) is 6. The molecule has 8 nitrogen and oxygen atoms in total. The molecular weight excluding hydrogens is 415 g/mol. The molecule has 1 fully saturated rings. The van der Waals surface area contributed by atoms with Crippen LogP contribution in [-0.4, -0.2) is 45.4 Å². The minimum Gasteiger partial charge on any atom is -0.508 e. The number of phenolic OH excluding ortho intramolecular Hbond substituents is 1. The zero-order chi connectivity index (χ0) is 20.7. The third-order valence-corrected chi connectivity index (χ3v) is 5.19. The van der Waals surface area contributed by atoms with E-state index in [-0.39, 0.29) is 40.9 Å². The van der Waals surface area contributed by atoms with E-state index in [1.165, 1.54) is 22.9 Å². The fourth-order valence-electron chi connectivity index (χ4n) is 3.62. The molecule has 1 unspecified atom stereocenters. The Kier molecular flexibility index (Phi) is 5.95. The molecular formula is C20H20ClFN4O4. The van der Waals surface area contributed by atoms with Crippen molar-refractivity contribution < 1.29 is 19.4 Å². The van der Waals surface area contributed by atoms with Crippen molar-refractivity contribution >= 4 is 35.2 Å². The van der Waals surface area contributed by atoms with E-state index in [2.05, 4.69) is 4.98 Å². The van der Waals surface area contributed by atoms with Crippen LogP contribution in [0.25, 0.3) is 16.7 Å². The van der Waals surface area contributed by atoms with E-state index in [9.17, 15) is 24.2 Å². The van der Waals surface area contributed by atoms with Gasteiger partial charge in [-0.25, -0.2) is 14.2 Å². The van der Waals surface area contributed by atoms with Crippen LogP contribution >= 0.6 is 12.4 Å². The number of aromatic carboxylic acids is 1. The number of carboxylic acid groups (broad SMARTS) is 1. The number of rotatable bonds is 4. The van der Waals surface area contributed by atoms with Gasteiger partial charge in [-0.3, -0.25) is 4.79 Å². The molecule has 0 saturated carbocycles. The van der Waals surface area contributed by atoms with Crippen molar-refractivity contribution in [3.8, 4) is 11.4 Å². The average Bonchev–Trinajstić information content (AvgIpc) is 3.18. The van der Waals surface area contributed by atoms with Crippen molar-refractivity contribution in [2.24, 2.45) is 11.7 Å². The van der Waals surface area contributed by atoms with E-state index in [0.29, 0.717) is 25.3 Å². The van der Waals surface area contributed by atoms with Gasteiger partial charge in [0.15, 0.2) is 17.3 Å². The lowest BCUT2D eigenvalue weighted by atomic mass is 10.1. The Labute approximate surface area is 176 Å². The van der Waals surface area contributed by atoms with Crippen LogP contribution in [0.1, 0.15) is 16.8 Å². The van der Waals surface area contributed by atoms with Crippen molar-refractivity contribution in [2.75, 3.05) is 24.5 Å². The van der Waals surface area contributed by atoms with Crippen LogP contribution in [0.3, 0.4) is 0 Å². The van der Waals surface area contributed by atoms with Crippen molar-refractivity contribution in [1.29, 1.82) is 0 Å². The third kappa shape index (κ3) is 3.69. The zero-order valence-electron chi connectivity index (χ0n) is 15.8. The summed E-state index contributed by atoms with van der Waals surface area (Å²) in [5, 5.41) is 18.8. The Morgan fingerprint density at radius 2 is 2.00 bits per heavy atom. The van der Waals surface area contributed by atoms with Crippen LogP contribution < -0.4 is 16.1 Å². The van der Waals surface area contributed by atoms with Crippen molar-refractivity contribution in [3.05, 3.63) is 58.1 Å². The largest absolute Gasteiger partial charge is 0.508 e. The second-order valence-corrected chi connectivity index (χ2v) is 7.06. The number of aromatic nitrogens is 2. The van der Waals surface area contributed by atoms with Gasteiger partial charge in [0.2, 0.25) is 5.43 Å². The van der Waals surface area contributed by atoms with Crippen LogP contribution in [0.5, 0.6) is 5.75 Å². The quantitative estimate of drug-likeness (QED) is 0.575. The highest BCUT2D eigenvalue weighted by molar-refractivity contribution is 5.92. The lowest BCUT2D eigenvalue weighted by molar-refractivity contribution is 0.0695. The standard InChI is InChI=1S/C20H19FN4O4.ClH/c21-16-7-14-17(27)15(20(28)29)10-25(12-1-3-13(26)4-2-12)18(14)23-19(16)24-6-5-11(8-22)9-24;/h1-4,7,10-11,26H,5-6,8-9,22H2,(H,28,29);1H. The monoisotopic (exact) mass is 434 g/mol. The predicted molar refractivity (Wildman–Crippen MR) is 113 cm³/mol. The smallest absolute Gasteiger partial charge is 0.341 e. The highest BCUT2D eigenvalue weighted by Gasteiger charge is 2.26. The van der Waals surface area contributed by atoms with Gasteiger partial charge in [0, 0.05) is 25.0 Å². The first-order chi connectivity index (χ1) is 13.9. The fraction of sp³-hybridized carbons (Fsp3) is 0.250. The Balaban J connectivity index is 0.00000256. The first-order valence-electron chi connectivity index (χ1n) is 9.12. The second-order valence-electron chi connectivity index (χ2n) is 7.06. The van der Waals surface area contributed by atoms with Gasteiger partial charge >= 0.3 is 5.97 Å². The molecule has 0 bridgehead atoms. The Morgan fingerprint density at radius 3 is 2.60 bits per heavy atom. The summed E-state index contributed by atoms with van der Waals surface area (Å²) < 4.78 is 16.3. The highest BCUT2D eigenvalue weighted by Crippen LogP contribution is 2.28. The molecule has 1 saturated heterocycles. The van der Waals surface area contributed by atoms with E-state index >= 15 is 0 Å². The maximum atomic E-state index is 14.8. The van der Waals surface area contributed by atoms with Crippen molar-refractivity contribution in [1.82, 2.24) is 9.55 Å². The third-order valence-electron chi connectivity index (χ3n) is 5.19. The van der Waals surface area contributed by atoms with Gasteiger partial charge < -0.3 is 25.4 Å². The lowest BCUT2D eigenvalue weighted by Crippen LogP contribution is -2.26. The minimum atomic E-state index is -1.42. The first-order valence-corrected chi connectivity index (χ1v) is 9.12. The molecule has 0 radical (unpaired) electrons. The van der Waals surface area contributed by atoms with E-state index in [4.69, 9.17) is 5.73 Å². The van der Waals surface area contributed by atoms with E-state index in [0.717, 1.165) is 12.5 Å². The molecule has 4 rings (SSSR count). The number of pyridine rings is 2. The van der Waals surface area contributed by atoms with Gasteiger partial charge in [-0.2, -0.15) is 0 Å². The summed E-state index contributed by atoms with van der Waals surface area (Å²) in [5.41, 5.74) is 5.03. The fourth-order valence-corrected chi connectivity index (χ4v) is 3.62.